The Balaban J connectivity index is 1.84. The number of carbonyl (C=O) groups is 1. The Hall–Kier alpha value is -2.33. The molecule has 5 heteroatoms. The van der Waals surface area contributed by atoms with Crippen molar-refractivity contribution in [2.45, 2.75) is 6.92 Å². The van der Waals surface area contributed by atoms with E-state index < -0.39 is 0 Å². The number of rotatable bonds is 2. The first-order valence-electron chi connectivity index (χ1n) is 6.14. The highest BCUT2D eigenvalue weighted by molar-refractivity contribution is 6.30. The molecule has 2 heterocycles. The highest BCUT2D eigenvalue weighted by Gasteiger charge is 2.06. The molecule has 0 saturated carbocycles. The number of nitrogens with zero attached hydrogens (tertiary/aromatic N) is 2. The molecule has 4 nitrogen and oxygen atoms in total. The smallest absolute Gasteiger partial charge is 0.255 e. The van der Waals surface area contributed by atoms with Crippen molar-refractivity contribution in [3.63, 3.8) is 0 Å². The summed E-state index contributed by atoms with van der Waals surface area (Å²) in [4.78, 5) is 16.4. The van der Waals surface area contributed by atoms with Crippen LogP contribution in [0.2, 0.25) is 5.02 Å². The molecule has 0 aliphatic carbocycles. The minimum Gasteiger partial charge on any atom is -0.321 e. The van der Waals surface area contributed by atoms with Crippen LogP contribution >= 0.6 is 11.6 Å². The molecule has 0 unspecified atom stereocenters. The molecule has 1 amide bonds. The number of anilines is 1. The van der Waals surface area contributed by atoms with Crippen LogP contribution in [0.25, 0.3) is 5.65 Å². The van der Waals surface area contributed by atoms with Gasteiger partial charge in [0.25, 0.3) is 5.91 Å². The van der Waals surface area contributed by atoms with E-state index in [1.54, 1.807) is 24.3 Å². The van der Waals surface area contributed by atoms with E-state index in [4.69, 9.17) is 11.6 Å². The second kappa shape index (κ2) is 4.98. The second-order valence-corrected chi connectivity index (χ2v) is 4.96. The average Bonchev–Trinajstić information content (AvgIpc) is 2.78. The lowest BCUT2D eigenvalue weighted by atomic mass is 10.2. The van der Waals surface area contributed by atoms with E-state index in [1.165, 1.54) is 0 Å². The largest absolute Gasteiger partial charge is 0.321 e. The molecule has 3 rings (SSSR count). The van der Waals surface area contributed by atoms with Gasteiger partial charge in [0.05, 0.1) is 11.4 Å². The van der Waals surface area contributed by atoms with Gasteiger partial charge >= 0.3 is 0 Å². The minimum absolute atomic E-state index is 0.169. The van der Waals surface area contributed by atoms with Crippen LogP contribution in [0.4, 0.5) is 5.69 Å². The molecular weight excluding hydrogens is 274 g/mol. The summed E-state index contributed by atoms with van der Waals surface area (Å²) in [5.41, 5.74) is 3.07. The van der Waals surface area contributed by atoms with Crippen molar-refractivity contribution in [2.75, 3.05) is 5.32 Å². The normalized spacial score (nSPS) is 10.7. The van der Waals surface area contributed by atoms with Crippen LogP contribution in [0.15, 0.2) is 48.8 Å². The average molecular weight is 286 g/mol. The molecule has 100 valence electrons. The number of amides is 1. The first-order valence-corrected chi connectivity index (χ1v) is 6.52. The lowest BCUT2D eigenvalue weighted by molar-refractivity contribution is 0.102. The van der Waals surface area contributed by atoms with Gasteiger partial charge in [0.2, 0.25) is 0 Å². The van der Waals surface area contributed by atoms with Crippen molar-refractivity contribution in [1.29, 1.82) is 0 Å². The van der Waals surface area contributed by atoms with Gasteiger partial charge in [-0.25, -0.2) is 4.98 Å². The molecule has 0 radical (unpaired) electrons. The molecule has 3 aromatic rings. The number of benzene rings is 1. The summed E-state index contributed by atoms with van der Waals surface area (Å²) in [6.45, 7) is 1.93. The fraction of sp³-hybridized carbons (Fsp3) is 0.0667. The van der Waals surface area contributed by atoms with Gasteiger partial charge in [0.1, 0.15) is 5.65 Å². The van der Waals surface area contributed by atoms with E-state index in [-0.39, 0.29) is 5.91 Å². The summed E-state index contributed by atoms with van der Waals surface area (Å²) in [6, 6.07) is 10.5. The molecule has 0 aliphatic rings. The number of aryl methyl sites for hydroxylation is 1. The first kappa shape index (κ1) is 12.7. The molecule has 0 fully saturated rings. The number of imidazole rings is 1. The van der Waals surface area contributed by atoms with Gasteiger partial charge in [-0.1, -0.05) is 11.6 Å². The Labute approximate surface area is 121 Å². The number of hydrogen-bond donors (Lipinski definition) is 1. The Bertz CT molecular complexity index is 777. The van der Waals surface area contributed by atoms with Gasteiger partial charge in [-0.2, -0.15) is 0 Å². The molecule has 0 spiro atoms. The van der Waals surface area contributed by atoms with Crippen LogP contribution in [-0.4, -0.2) is 15.3 Å². The number of carbonyl (C=O) groups excluding carboxylic acids is 1. The van der Waals surface area contributed by atoms with Gasteiger partial charge in [-0.15, -0.1) is 0 Å². The second-order valence-electron chi connectivity index (χ2n) is 4.53. The fourth-order valence-electron chi connectivity index (χ4n) is 2.00. The number of halogens is 1. The molecular formula is C15H12ClN3O. The van der Waals surface area contributed by atoms with Gasteiger partial charge in [0.15, 0.2) is 0 Å². The summed E-state index contributed by atoms with van der Waals surface area (Å²) in [5, 5.41) is 3.46. The van der Waals surface area contributed by atoms with Crippen molar-refractivity contribution in [2.24, 2.45) is 0 Å². The molecule has 20 heavy (non-hydrogen) atoms. The topological polar surface area (TPSA) is 46.4 Å². The zero-order valence-corrected chi connectivity index (χ0v) is 11.6. The van der Waals surface area contributed by atoms with Crippen LogP contribution in [0.5, 0.6) is 0 Å². The molecule has 0 aliphatic heterocycles. The molecule has 1 aromatic carbocycles. The van der Waals surface area contributed by atoms with E-state index >= 15 is 0 Å². The maximum atomic E-state index is 12.1. The van der Waals surface area contributed by atoms with Gasteiger partial charge in [0, 0.05) is 23.0 Å². The molecule has 0 bridgehead atoms. The Morgan fingerprint density at radius 2 is 1.90 bits per heavy atom. The maximum absolute atomic E-state index is 12.1. The van der Waals surface area contributed by atoms with Crippen molar-refractivity contribution in [3.05, 3.63) is 65.1 Å². The maximum Gasteiger partial charge on any atom is 0.255 e. The first-order chi connectivity index (χ1) is 9.61. The third-order valence-corrected chi connectivity index (χ3v) is 3.19. The van der Waals surface area contributed by atoms with E-state index in [9.17, 15) is 4.79 Å². The molecule has 0 saturated heterocycles. The highest BCUT2D eigenvalue weighted by Crippen LogP contribution is 2.14. The van der Waals surface area contributed by atoms with Gasteiger partial charge < -0.3 is 9.72 Å². The van der Waals surface area contributed by atoms with Crippen molar-refractivity contribution >= 4 is 28.8 Å². The third-order valence-electron chi connectivity index (χ3n) is 2.94. The molecule has 0 atom stereocenters. The summed E-state index contributed by atoms with van der Waals surface area (Å²) < 4.78 is 1.88. The van der Waals surface area contributed by atoms with Crippen LogP contribution < -0.4 is 5.32 Å². The summed E-state index contributed by atoms with van der Waals surface area (Å²) in [7, 11) is 0. The Morgan fingerprint density at radius 1 is 1.15 bits per heavy atom. The lowest BCUT2D eigenvalue weighted by Gasteiger charge is -2.06. The summed E-state index contributed by atoms with van der Waals surface area (Å²) >= 11 is 5.80. The van der Waals surface area contributed by atoms with E-state index in [0.29, 0.717) is 10.6 Å². The number of nitrogens with one attached hydrogen (secondary N) is 1. The number of hydrogen-bond acceptors (Lipinski definition) is 2. The van der Waals surface area contributed by atoms with Crippen molar-refractivity contribution in [1.82, 2.24) is 9.38 Å². The Kier molecular flexibility index (Phi) is 3.16. The molecule has 2 aromatic heterocycles. The van der Waals surface area contributed by atoms with Gasteiger partial charge in [-0.05, 0) is 43.3 Å². The van der Waals surface area contributed by atoms with E-state index in [1.807, 2.05) is 35.9 Å². The number of fused-ring (bicyclic) bond motifs is 1. The van der Waals surface area contributed by atoms with Crippen LogP contribution in [0, 0.1) is 6.92 Å². The summed E-state index contributed by atoms with van der Waals surface area (Å²) in [6.07, 6.45) is 3.75. The van der Waals surface area contributed by atoms with Crippen LogP contribution in [-0.2, 0) is 0 Å². The number of aromatic nitrogens is 2. The van der Waals surface area contributed by atoms with Crippen LogP contribution in [0.3, 0.4) is 0 Å². The zero-order valence-electron chi connectivity index (χ0n) is 10.8. The monoisotopic (exact) mass is 285 g/mol. The quantitative estimate of drug-likeness (QED) is 0.783. The molecule has 1 N–H and O–H groups in total. The summed E-state index contributed by atoms with van der Waals surface area (Å²) in [5.74, 6) is -0.169. The Morgan fingerprint density at radius 3 is 2.65 bits per heavy atom. The third kappa shape index (κ3) is 2.51. The lowest BCUT2D eigenvalue weighted by Crippen LogP contribution is -2.12. The van der Waals surface area contributed by atoms with E-state index in [2.05, 4.69) is 10.3 Å². The zero-order chi connectivity index (χ0) is 14.1. The fourth-order valence-corrected chi connectivity index (χ4v) is 2.12. The standard InChI is InChI=1S/C15H12ClN3O/c1-10-8-19-9-13(6-7-14(19)17-10)18-15(20)11-2-4-12(16)5-3-11/h2-9H,1H3,(H,18,20). The number of pyridine rings is 1. The SMILES string of the molecule is Cc1cn2cc(NC(=O)c3ccc(Cl)cc3)ccc2n1. The van der Waals surface area contributed by atoms with E-state index in [0.717, 1.165) is 17.0 Å². The van der Waals surface area contributed by atoms with Crippen LogP contribution in [0.1, 0.15) is 16.1 Å². The predicted molar refractivity (Wildman–Crippen MR) is 79.3 cm³/mol. The van der Waals surface area contributed by atoms with Crippen molar-refractivity contribution < 1.29 is 4.79 Å². The highest BCUT2D eigenvalue weighted by atomic mass is 35.5. The minimum atomic E-state index is -0.169. The predicted octanol–water partition coefficient (Wildman–Crippen LogP) is 3.55. The van der Waals surface area contributed by atoms with Gasteiger partial charge in [-0.3, -0.25) is 4.79 Å². The van der Waals surface area contributed by atoms with Crippen molar-refractivity contribution in [3.8, 4) is 0 Å².